The number of rotatable bonds is 4. The van der Waals surface area contributed by atoms with Gasteiger partial charge in [-0.3, -0.25) is 0 Å². The molecule has 1 aromatic rings. The second-order valence-electron chi connectivity index (χ2n) is 2.62. The van der Waals surface area contributed by atoms with Gasteiger partial charge in [0.15, 0.2) is 0 Å². The molecule has 0 heterocycles. The van der Waals surface area contributed by atoms with Gasteiger partial charge in [0.05, 0.1) is 19.3 Å². The van der Waals surface area contributed by atoms with Gasteiger partial charge in [0, 0.05) is 5.02 Å². The van der Waals surface area contributed by atoms with Gasteiger partial charge in [-0.15, -0.1) is 0 Å². The molecule has 0 bridgehead atoms. The molecule has 0 aliphatic carbocycles. The molecule has 0 aliphatic rings. The van der Waals surface area contributed by atoms with E-state index in [0.29, 0.717) is 16.5 Å². The average Bonchev–Trinajstić information content (AvgIpc) is 2.15. The van der Waals surface area contributed by atoms with Crippen LogP contribution in [0.2, 0.25) is 5.02 Å². The predicted octanol–water partition coefficient (Wildman–Crippen LogP) is 3.03. The van der Waals surface area contributed by atoms with E-state index in [-0.39, 0.29) is 0 Å². The maximum atomic E-state index is 11.9. The zero-order chi connectivity index (χ0) is 10.6. The van der Waals surface area contributed by atoms with Crippen molar-refractivity contribution >= 4 is 17.3 Å². The third kappa shape index (κ3) is 3.03. The Balaban J connectivity index is 2.77. The molecule has 0 saturated heterocycles. The van der Waals surface area contributed by atoms with Crippen molar-refractivity contribution in [2.75, 3.05) is 19.0 Å². The molecule has 0 fully saturated rings. The maximum Gasteiger partial charge on any atom is 0.255 e. The molecule has 0 aliphatic heterocycles. The summed E-state index contributed by atoms with van der Waals surface area (Å²) in [5, 5.41) is 3.02. The second kappa shape index (κ2) is 5.00. The minimum Gasteiger partial charge on any atom is -0.495 e. The number of hydrogen-bond donors (Lipinski definition) is 1. The molecule has 0 spiro atoms. The molecule has 0 saturated carbocycles. The Morgan fingerprint density at radius 2 is 2.21 bits per heavy atom. The number of ether oxygens (including phenoxy) is 1. The Labute approximate surface area is 85.8 Å². The highest BCUT2D eigenvalue weighted by Crippen LogP contribution is 2.27. The first-order chi connectivity index (χ1) is 6.63. The van der Waals surface area contributed by atoms with Crippen molar-refractivity contribution in [1.29, 1.82) is 0 Å². The summed E-state index contributed by atoms with van der Waals surface area (Å²) in [6.07, 6.45) is -2.40. The van der Waals surface area contributed by atoms with Gasteiger partial charge in [0.25, 0.3) is 6.43 Å². The fourth-order valence-electron chi connectivity index (χ4n) is 1.01. The zero-order valence-electron chi connectivity index (χ0n) is 7.56. The van der Waals surface area contributed by atoms with Crippen LogP contribution in [0, 0.1) is 0 Å². The van der Waals surface area contributed by atoms with E-state index in [1.165, 1.54) is 7.11 Å². The number of nitrogens with one attached hydrogen (secondary N) is 1. The summed E-state index contributed by atoms with van der Waals surface area (Å²) in [5.74, 6) is 0.495. The average molecular weight is 222 g/mol. The van der Waals surface area contributed by atoms with Gasteiger partial charge in [-0.05, 0) is 18.2 Å². The lowest BCUT2D eigenvalue weighted by molar-refractivity contribution is 0.163. The second-order valence-corrected chi connectivity index (χ2v) is 3.05. The monoisotopic (exact) mass is 221 g/mol. The molecular formula is C9H10ClF2NO. The number of hydrogen-bond acceptors (Lipinski definition) is 2. The SMILES string of the molecule is COc1ccc(Cl)cc1NCC(F)F. The van der Waals surface area contributed by atoms with Crippen molar-refractivity contribution in [1.82, 2.24) is 0 Å². The largest absolute Gasteiger partial charge is 0.495 e. The summed E-state index contributed by atoms with van der Waals surface area (Å²) >= 11 is 5.71. The maximum absolute atomic E-state index is 11.9. The third-order valence-corrected chi connectivity index (χ3v) is 1.84. The van der Waals surface area contributed by atoms with Crippen molar-refractivity contribution in [2.24, 2.45) is 0 Å². The van der Waals surface area contributed by atoms with Crippen LogP contribution in [0.3, 0.4) is 0 Å². The van der Waals surface area contributed by atoms with Crippen molar-refractivity contribution in [2.45, 2.75) is 6.43 Å². The van der Waals surface area contributed by atoms with Crippen molar-refractivity contribution in [3.8, 4) is 5.75 Å². The standard InChI is InChI=1S/C9H10ClF2NO/c1-14-8-3-2-6(10)4-7(8)13-5-9(11)12/h2-4,9,13H,5H2,1H3. The molecule has 0 atom stereocenters. The minimum atomic E-state index is -2.40. The Hall–Kier alpha value is -1.03. The Morgan fingerprint density at radius 1 is 1.50 bits per heavy atom. The number of benzene rings is 1. The van der Waals surface area contributed by atoms with E-state index in [0.717, 1.165) is 0 Å². The summed E-state index contributed by atoms with van der Waals surface area (Å²) in [7, 11) is 1.47. The van der Waals surface area contributed by atoms with Crippen LogP contribution < -0.4 is 10.1 Å². The van der Waals surface area contributed by atoms with Crippen LogP contribution in [0.25, 0.3) is 0 Å². The van der Waals surface area contributed by atoms with Gasteiger partial charge in [-0.2, -0.15) is 0 Å². The predicted molar refractivity (Wildman–Crippen MR) is 52.5 cm³/mol. The van der Waals surface area contributed by atoms with Crippen LogP contribution in [0.5, 0.6) is 5.75 Å². The van der Waals surface area contributed by atoms with Gasteiger partial charge in [-0.1, -0.05) is 11.6 Å². The number of halogens is 3. The lowest BCUT2D eigenvalue weighted by atomic mass is 10.3. The summed E-state index contributed by atoms with van der Waals surface area (Å²) in [6, 6.07) is 4.80. The van der Waals surface area contributed by atoms with E-state index in [4.69, 9.17) is 16.3 Å². The van der Waals surface area contributed by atoms with Crippen LogP contribution in [0.1, 0.15) is 0 Å². The molecule has 1 aromatic carbocycles. The number of methoxy groups -OCH3 is 1. The van der Waals surface area contributed by atoms with Crippen LogP contribution in [0.4, 0.5) is 14.5 Å². The highest BCUT2D eigenvalue weighted by atomic mass is 35.5. The molecule has 1 N–H and O–H groups in total. The summed E-state index contributed by atoms with van der Waals surface area (Å²) in [6.45, 7) is -0.420. The van der Waals surface area contributed by atoms with E-state index in [9.17, 15) is 8.78 Å². The summed E-state index contributed by atoms with van der Waals surface area (Å²) in [5.41, 5.74) is 0.473. The Bertz CT molecular complexity index is 307. The van der Waals surface area contributed by atoms with E-state index >= 15 is 0 Å². The first kappa shape index (κ1) is 11.0. The number of alkyl halides is 2. The molecule has 0 amide bonds. The first-order valence-corrected chi connectivity index (χ1v) is 4.37. The Kier molecular flexibility index (Phi) is 3.95. The molecule has 2 nitrogen and oxygen atoms in total. The van der Waals surface area contributed by atoms with E-state index in [1.54, 1.807) is 18.2 Å². The van der Waals surface area contributed by atoms with Gasteiger partial charge in [0.1, 0.15) is 5.75 Å². The molecule has 5 heteroatoms. The number of anilines is 1. The van der Waals surface area contributed by atoms with Gasteiger partial charge in [0.2, 0.25) is 0 Å². The molecule has 78 valence electrons. The lowest BCUT2D eigenvalue weighted by Gasteiger charge is -2.10. The van der Waals surface area contributed by atoms with Crippen LogP contribution in [0.15, 0.2) is 18.2 Å². The fourth-order valence-corrected chi connectivity index (χ4v) is 1.18. The molecular weight excluding hydrogens is 212 g/mol. The topological polar surface area (TPSA) is 21.3 Å². The smallest absolute Gasteiger partial charge is 0.255 e. The molecule has 14 heavy (non-hydrogen) atoms. The van der Waals surface area contributed by atoms with Gasteiger partial charge < -0.3 is 10.1 Å². The first-order valence-electron chi connectivity index (χ1n) is 3.99. The van der Waals surface area contributed by atoms with E-state index in [2.05, 4.69) is 5.32 Å². The zero-order valence-corrected chi connectivity index (χ0v) is 8.31. The van der Waals surface area contributed by atoms with Gasteiger partial charge in [-0.25, -0.2) is 8.78 Å². The highest BCUT2D eigenvalue weighted by molar-refractivity contribution is 6.30. The molecule has 0 aromatic heterocycles. The van der Waals surface area contributed by atoms with E-state index in [1.807, 2.05) is 0 Å². The van der Waals surface area contributed by atoms with Gasteiger partial charge >= 0.3 is 0 Å². The Morgan fingerprint density at radius 3 is 2.79 bits per heavy atom. The van der Waals surface area contributed by atoms with Crippen LogP contribution >= 0.6 is 11.6 Å². The van der Waals surface area contributed by atoms with Crippen molar-refractivity contribution in [3.63, 3.8) is 0 Å². The molecule has 0 radical (unpaired) electrons. The summed E-state index contributed by atoms with van der Waals surface area (Å²) < 4.78 is 28.8. The quantitative estimate of drug-likeness (QED) is 0.844. The normalized spacial score (nSPS) is 10.4. The summed E-state index contributed by atoms with van der Waals surface area (Å²) in [4.78, 5) is 0. The van der Waals surface area contributed by atoms with Crippen molar-refractivity contribution < 1.29 is 13.5 Å². The fraction of sp³-hybridized carbons (Fsp3) is 0.333. The van der Waals surface area contributed by atoms with Crippen LogP contribution in [-0.4, -0.2) is 20.1 Å². The third-order valence-electron chi connectivity index (χ3n) is 1.61. The minimum absolute atomic E-state index is 0.420. The van der Waals surface area contributed by atoms with E-state index < -0.39 is 13.0 Å². The highest BCUT2D eigenvalue weighted by Gasteiger charge is 2.06. The lowest BCUT2D eigenvalue weighted by Crippen LogP contribution is -2.10. The van der Waals surface area contributed by atoms with Crippen LogP contribution in [-0.2, 0) is 0 Å². The molecule has 0 unspecified atom stereocenters. The molecule has 1 rings (SSSR count). The van der Waals surface area contributed by atoms with Crippen molar-refractivity contribution in [3.05, 3.63) is 23.2 Å².